The number of carbonyl (C=O) groups excluding carboxylic acids is 2. The molecule has 0 heterocycles. The van der Waals surface area contributed by atoms with Gasteiger partial charge in [-0.15, -0.1) is 0 Å². The fraction of sp³-hybridized carbons (Fsp3) is 0.286. The highest BCUT2D eigenvalue weighted by Crippen LogP contribution is 2.24. The topological polar surface area (TPSA) is 82.6 Å². The predicted octanol–water partition coefficient (Wildman–Crippen LogP) is 4.26. The minimum atomic E-state index is -0.782. The summed E-state index contributed by atoms with van der Waals surface area (Å²) in [5, 5.41) is 9.84. The summed E-state index contributed by atoms with van der Waals surface area (Å²) in [6, 6.07) is 13.7. The van der Waals surface area contributed by atoms with Crippen LogP contribution in [0.4, 0.5) is 11.4 Å². The molecule has 0 radical (unpaired) electrons. The van der Waals surface area contributed by atoms with E-state index in [9.17, 15) is 9.59 Å². The molecule has 0 aliphatic heterocycles. The zero-order chi connectivity index (χ0) is 20.4. The summed E-state index contributed by atoms with van der Waals surface area (Å²) in [6.45, 7) is 4.59. The summed E-state index contributed by atoms with van der Waals surface area (Å²) in [6.07, 6.45) is 4.42. The number of halogens is 1. The van der Waals surface area contributed by atoms with E-state index in [-0.39, 0.29) is 0 Å². The number of aryl methyl sites for hydroxylation is 1. The van der Waals surface area contributed by atoms with Gasteiger partial charge in [-0.25, -0.2) is 5.43 Å². The fourth-order valence-corrected chi connectivity index (χ4v) is 2.88. The van der Waals surface area contributed by atoms with E-state index >= 15 is 0 Å². The second-order valence-corrected chi connectivity index (χ2v) is 7.30. The Labute approximate surface area is 173 Å². The number of amides is 2. The van der Waals surface area contributed by atoms with Crippen molar-refractivity contribution in [1.82, 2.24) is 10.7 Å². The van der Waals surface area contributed by atoms with Gasteiger partial charge in [0.2, 0.25) is 0 Å². The van der Waals surface area contributed by atoms with Gasteiger partial charge in [-0.2, -0.15) is 5.10 Å². The maximum Gasteiger partial charge on any atom is 0.329 e. The second kappa shape index (κ2) is 11.2. The van der Waals surface area contributed by atoms with Crippen LogP contribution in [0.2, 0.25) is 0 Å². The van der Waals surface area contributed by atoms with Crippen molar-refractivity contribution in [3.05, 3.63) is 58.1 Å². The highest BCUT2D eigenvalue weighted by Gasteiger charge is 2.11. The molecule has 3 N–H and O–H groups in total. The lowest BCUT2D eigenvalue weighted by Crippen LogP contribution is -2.38. The van der Waals surface area contributed by atoms with Crippen molar-refractivity contribution in [1.29, 1.82) is 0 Å². The number of hydrogen-bond acceptors (Lipinski definition) is 4. The van der Waals surface area contributed by atoms with Crippen LogP contribution in [-0.2, 0) is 9.59 Å². The fourth-order valence-electron chi connectivity index (χ4n) is 2.50. The molecule has 28 heavy (non-hydrogen) atoms. The SMILES string of the molecule is CCCCCNC(=O)C(=O)N/N=C\c1cc(Br)ccc1Nc1cccc(C)c1. The minimum absolute atomic E-state index is 0.486. The van der Waals surface area contributed by atoms with E-state index in [0.29, 0.717) is 6.54 Å². The van der Waals surface area contributed by atoms with Gasteiger partial charge >= 0.3 is 11.8 Å². The average Bonchev–Trinajstić information content (AvgIpc) is 2.67. The summed E-state index contributed by atoms with van der Waals surface area (Å²) < 4.78 is 0.878. The van der Waals surface area contributed by atoms with Crippen LogP contribution < -0.4 is 16.1 Å². The average molecular weight is 445 g/mol. The monoisotopic (exact) mass is 444 g/mol. The summed E-state index contributed by atoms with van der Waals surface area (Å²) in [4.78, 5) is 23.5. The van der Waals surface area contributed by atoms with Crippen molar-refractivity contribution in [2.24, 2.45) is 5.10 Å². The Morgan fingerprint density at radius 3 is 2.68 bits per heavy atom. The lowest BCUT2D eigenvalue weighted by molar-refractivity contribution is -0.139. The van der Waals surface area contributed by atoms with Crippen LogP contribution in [0, 0.1) is 6.92 Å². The van der Waals surface area contributed by atoms with E-state index in [1.165, 1.54) is 6.21 Å². The molecule has 0 atom stereocenters. The van der Waals surface area contributed by atoms with Crippen LogP contribution in [-0.4, -0.2) is 24.6 Å². The van der Waals surface area contributed by atoms with Gasteiger partial charge in [0.05, 0.1) is 6.21 Å². The highest BCUT2D eigenvalue weighted by molar-refractivity contribution is 9.10. The molecule has 148 valence electrons. The van der Waals surface area contributed by atoms with Crippen LogP contribution in [0.25, 0.3) is 0 Å². The third-order valence-electron chi connectivity index (χ3n) is 3.95. The van der Waals surface area contributed by atoms with Gasteiger partial charge in [-0.1, -0.05) is 47.8 Å². The molecule has 0 fully saturated rings. The van der Waals surface area contributed by atoms with Gasteiger partial charge in [-0.3, -0.25) is 9.59 Å². The number of nitrogens with zero attached hydrogens (tertiary/aromatic N) is 1. The quantitative estimate of drug-likeness (QED) is 0.246. The molecule has 0 saturated carbocycles. The van der Waals surface area contributed by atoms with Gasteiger partial charge in [-0.05, 0) is 49.2 Å². The first kappa shape index (κ1) is 21.6. The highest BCUT2D eigenvalue weighted by atomic mass is 79.9. The summed E-state index contributed by atoms with van der Waals surface area (Å²) in [7, 11) is 0. The maximum atomic E-state index is 11.8. The number of hydrazone groups is 1. The largest absolute Gasteiger partial charge is 0.355 e. The zero-order valence-corrected chi connectivity index (χ0v) is 17.7. The molecular weight excluding hydrogens is 420 g/mol. The maximum absolute atomic E-state index is 11.8. The molecule has 2 aromatic rings. The molecule has 2 amide bonds. The van der Waals surface area contributed by atoms with Crippen molar-refractivity contribution in [3.8, 4) is 0 Å². The van der Waals surface area contributed by atoms with E-state index in [4.69, 9.17) is 0 Å². The molecule has 0 saturated heterocycles. The van der Waals surface area contributed by atoms with E-state index in [1.807, 2.05) is 49.4 Å². The third-order valence-corrected chi connectivity index (χ3v) is 4.45. The second-order valence-electron chi connectivity index (χ2n) is 6.39. The summed E-state index contributed by atoms with van der Waals surface area (Å²) in [5.41, 5.74) is 5.96. The molecule has 6 nitrogen and oxygen atoms in total. The number of rotatable bonds is 8. The lowest BCUT2D eigenvalue weighted by Gasteiger charge is -2.10. The van der Waals surface area contributed by atoms with Crippen LogP contribution in [0.3, 0.4) is 0 Å². The summed E-state index contributed by atoms with van der Waals surface area (Å²) in [5.74, 6) is -1.46. The van der Waals surface area contributed by atoms with Crippen molar-refractivity contribution in [2.45, 2.75) is 33.1 Å². The van der Waals surface area contributed by atoms with Gasteiger partial charge in [0, 0.05) is 28.0 Å². The van der Waals surface area contributed by atoms with Crippen molar-refractivity contribution in [3.63, 3.8) is 0 Å². The first-order valence-corrected chi connectivity index (χ1v) is 10.0. The first-order valence-electron chi connectivity index (χ1n) is 9.24. The molecule has 2 aromatic carbocycles. The molecule has 0 bridgehead atoms. The van der Waals surface area contributed by atoms with Crippen LogP contribution >= 0.6 is 15.9 Å². The van der Waals surface area contributed by atoms with E-state index in [0.717, 1.165) is 46.2 Å². The standard InChI is InChI=1S/C21H25BrN4O2/c1-3-4-5-11-23-20(27)21(28)26-24-14-16-13-17(22)9-10-19(16)25-18-8-6-7-15(2)12-18/h6-10,12-14,25H,3-5,11H2,1-2H3,(H,23,27)(H,26,28)/b24-14-. The summed E-state index contributed by atoms with van der Waals surface area (Å²) >= 11 is 3.44. The molecule has 0 unspecified atom stereocenters. The number of unbranched alkanes of at least 4 members (excludes halogenated alkanes) is 2. The zero-order valence-electron chi connectivity index (χ0n) is 16.1. The Morgan fingerprint density at radius 1 is 1.11 bits per heavy atom. The first-order chi connectivity index (χ1) is 13.5. The van der Waals surface area contributed by atoms with Crippen molar-refractivity contribution >= 4 is 45.3 Å². The van der Waals surface area contributed by atoms with E-state index in [2.05, 4.69) is 44.0 Å². The third kappa shape index (κ3) is 7.15. The lowest BCUT2D eigenvalue weighted by atomic mass is 10.1. The van der Waals surface area contributed by atoms with E-state index < -0.39 is 11.8 Å². The molecule has 2 rings (SSSR count). The van der Waals surface area contributed by atoms with Crippen LogP contribution in [0.5, 0.6) is 0 Å². The molecular formula is C21H25BrN4O2. The minimum Gasteiger partial charge on any atom is -0.355 e. The molecule has 0 aromatic heterocycles. The van der Waals surface area contributed by atoms with E-state index in [1.54, 1.807) is 0 Å². The number of hydrogen-bond donors (Lipinski definition) is 3. The van der Waals surface area contributed by atoms with Gasteiger partial charge in [0.1, 0.15) is 0 Å². The van der Waals surface area contributed by atoms with Crippen LogP contribution in [0.15, 0.2) is 52.0 Å². The van der Waals surface area contributed by atoms with Crippen LogP contribution in [0.1, 0.15) is 37.3 Å². The normalized spacial score (nSPS) is 10.7. The number of carbonyl (C=O) groups is 2. The van der Waals surface area contributed by atoms with Gasteiger partial charge < -0.3 is 10.6 Å². The predicted molar refractivity (Wildman–Crippen MR) is 117 cm³/mol. The Hall–Kier alpha value is -2.67. The number of nitrogens with one attached hydrogen (secondary N) is 3. The Kier molecular flexibility index (Phi) is 8.68. The Bertz CT molecular complexity index is 852. The molecule has 0 spiro atoms. The molecule has 0 aliphatic rings. The van der Waals surface area contributed by atoms with Gasteiger partial charge in [0.25, 0.3) is 0 Å². The smallest absolute Gasteiger partial charge is 0.329 e. The molecule has 0 aliphatic carbocycles. The Morgan fingerprint density at radius 2 is 1.93 bits per heavy atom. The number of benzene rings is 2. The molecule has 7 heteroatoms. The van der Waals surface area contributed by atoms with Crippen molar-refractivity contribution < 1.29 is 9.59 Å². The Balaban J connectivity index is 1.99. The van der Waals surface area contributed by atoms with Crippen molar-refractivity contribution in [2.75, 3.05) is 11.9 Å². The van der Waals surface area contributed by atoms with Gasteiger partial charge in [0.15, 0.2) is 0 Å². The number of anilines is 2.